The monoisotopic (exact) mass is 438 g/mol. The van der Waals surface area contributed by atoms with Gasteiger partial charge in [0.2, 0.25) is 6.79 Å². The number of carbonyl (C=O) groups excluding carboxylic acids is 1. The van der Waals surface area contributed by atoms with Gasteiger partial charge in [0.25, 0.3) is 0 Å². The van der Waals surface area contributed by atoms with Crippen LogP contribution in [0.1, 0.15) is 41.1 Å². The van der Waals surface area contributed by atoms with Crippen LogP contribution in [-0.2, 0) is 6.54 Å². The van der Waals surface area contributed by atoms with E-state index in [1.54, 1.807) is 18.2 Å². The number of thioether (sulfide) groups is 1. The van der Waals surface area contributed by atoms with Gasteiger partial charge in [0.05, 0.1) is 18.3 Å². The Hall–Kier alpha value is -2.84. The molecule has 0 saturated carbocycles. The summed E-state index contributed by atoms with van der Waals surface area (Å²) in [5.41, 5.74) is 1.77. The van der Waals surface area contributed by atoms with Crippen LogP contribution in [0.25, 0.3) is 0 Å². The van der Waals surface area contributed by atoms with Crippen LogP contribution in [0.5, 0.6) is 11.5 Å². The van der Waals surface area contributed by atoms with Crippen LogP contribution >= 0.6 is 11.8 Å². The maximum Gasteiger partial charge on any atom is 0.231 e. The molecule has 2 heterocycles. The zero-order valence-electron chi connectivity index (χ0n) is 17.9. The quantitative estimate of drug-likeness (QED) is 0.369. The van der Waals surface area contributed by atoms with Crippen molar-refractivity contribution in [3.8, 4) is 11.5 Å². The molecule has 0 spiro atoms. The van der Waals surface area contributed by atoms with E-state index in [0.717, 1.165) is 17.4 Å². The normalized spacial score (nSPS) is 13.5. The van der Waals surface area contributed by atoms with Gasteiger partial charge in [-0.3, -0.25) is 9.69 Å². The van der Waals surface area contributed by atoms with Crippen LogP contribution in [0.15, 0.2) is 53.7 Å². The zero-order chi connectivity index (χ0) is 21.8. The number of ether oxygens (including phenoxy) is 2. The predicted octanol–water partition coefficient (Wildman–Crippen LogP) is 4.04. The summed E-state index contributed by atoms with van der Waals surface area (Å²) < 4.78 is 12.8. The second kappa shape index (κ2) is 9.53. The van der Waals surface area contributed by atoms with Crippen molar-refractivity contribution in [2.45, 2.75) is 31.1 Å². The fourth-order valence-electron chi connectivity index (χ4n) is 3.63. The van der Waals surface area contributed by atoms with Crippen molar-refractivity contribution < 1.29 is 14.3 Å². The third-order valence-corrected chi connectivity index (χ3v) is 6.23. The fourth-order valence-corrected chi connectivity index (χ4v) is 4.47. The summed E-state index contributed by atoms with van der Waals surface area (Å²) in [7, 11) is 4.09. The molecular formula is C23H26N4O3S. The Kier molecular flexibility index (Phi) is 6.58. The first kappa shape index (κ1) is 21.4. The van der Waals surface area contributed by atoms with Crippen molar-refractivity contribution in [2.24, 2.45) is 0 Å². The average molecular weight is 439 g/mol. The van der Waals surface area contributed by atoms with Gasteiger partial charge in [0.15, 0.2) is 28.3 Å². The smallest absolute Gasteiger partial charge is 0.231 e. The first-order valence-electron chi connectivity index (χ1n) is 10.3. The van der Waals surface area contributed by atoms with Crippen LogP contribution in [0, 0.1) is 0 Å². The number of aromatic nitrogens is 3. The lowest BCUT2D eigenvalue weighted by Gasteiger charge is -2.23. The van der Waals surface area contributed by atoms with E-state index in [9.17, 15) is 4.79 Å². The molecule has 0 bridgehead atoms. The van der Waals surface area contributed by atoms with Crippen LogP contribution in [0.3, 0.4) is 0 Å². The van der Waals surface area contributed by atoms with E-state index in [1.165, 1.54) is 17.3 Å². The Balaban J connectivity index is 1.55. The Morgan fingerprint density at radius 2 is 1.90 bits per heavy atom. The maximum atomic E-state index is 12.8. The molecule has 0 N–H and O–H groups in total. The van der Waals surface area contributed by atoms with Gasteiger partial charge in [0.1, 0.15) is 0 Å². The number of nitrogens with zero attached hydrogens (tertiary/aromatic N) is 4. The van der Waals surface area contributed by atoms with Crippen LogP contribution in [-0.4, -0.2) is 52.1 Å². The van der Waals surface area contributed by atoms with Crippen molar-refractivity contribution in [3.63, 3.8) is 0 Å². The molecule has 1 atom stereocenters. The number of carbonyl (C=O) groups is 1. The van der Waals surface area contributed by atoms with Gasteiger partial charge in [0, 0.05) is 5.56 Å². The number of benzene rings is 2. The van der Waals surface area contributed by atoms with E-state index >= 15 is 0 Å². The minimum absolute atomic E-state index is 0.0127. The number of ketones is 1. The minimum atomic E-state index is 0.0127. The summed E-state index contributed by atoms with van der Waals surface area (Å²) in [6.45, 7) is 2.99. The molecule has 3 aromatic rings. The molecule has 0 amide bonds. The second-order valence-corrected chi connectivity index (χ2v) is 8.52. The summed E-state index contributed by atoms with van der Waals surface area (Å²) in [6, 6.07) is 15.7. The molecule has 162 valence electrons. The number of hydrogen-bond acceptors (Lipinski definition) is 7. The van der Waals surface area contributed by atoms with E-state index < -0.39 is 0 Å². The number of Topliss-reactive ketones (excluding diaryl/α,β-unsaturated/α-hetero) is 1. The maximum absolute atomic E-state index is 12.8. The average Bonchev–Trinajstić information content (AvgIpc) is 3.40. The van der Waals surface area contributed by atoms with E-state index in [-0.39, 0.29) is 24.4 Å². The van der Waals surface area contributed by atoms with Crippen molar-refractivity contribution in [1.29, 1.82) is 0 Å². The molecule has 0 saturated heterocycles. The summed E-state index contributed by atoms with van der Waals surface area (Å²) in [4.78, 5) is 15.0. The molecule has 0 radical (unpaired) electrons. The van der Waals surface area contributed by atoms with Gasteiger partial charge in [-0.2, -0.15) is 0 Å². The van der Waals surface area contributed by atoms with Crippen LogP contribution in [0.4, 0.5) is 0 Å². The summed E-state index contributed by atoms with van der Waals surface area (Å²) in [5.74, 6) is 2.48. The number of rotatable bonds is 9. The zero-order valence-corrected chi connectivity index (χ0v) is 18.8. The standard InChI is InChI=1S/C23H26N4O3S/c1-4-18(26(2)3)22-24-25-23(27(22)13-16-8-6-5-7-9-16)31-14-19(28)17-10-11-20-21(12-17)30-15-29-20/h5-12,18H,4,13-15H2,1-3H3/t18-/m0/s1. The molecule has 1 aromatic heterocycles. The second-order valence-electron chi connectivity index (χ2n) is 7.58. The van der Waals surface area contributed by atoms with Gasteiger partial charge in [-0.15, -0.1) is 10.2 Å². The topological polar surface area (TPSA) is 69.5 Å². The Bertz CT molecular complexity index is 1050. The molecule has 0 aliphatic carbocycles. The lowest BCUT2D eigenvalue weighted by molar-refractivity contribution is 0.102. The summed E-state index contributed by atoms with van der Waals surface area (Å²) >= 11 is 1.41. The van der Waals surface area contributed by atoms with Gasteiger partial charge in [-0.05, 0) is 44.3 Å². The predicted molar refractivity (Wildman–Crippen MR) is 120 cm³/mol. The van der Waals surface area contributed by atoms with Gasteiger partial charge < -0.3 is 14.0 Å². The van der Waals surface area contributed by atoms with Crippen molar-refractivity contribution in [1.82, 2.24) is 19.7 Å². The highest BCUT2D eigenvalue weighted by Gasteiger charge is 2.23. The Morgan fingerprint density at radius 1 is 1.13 bits per heavy atom. The van der Waals surface area contributed by atoms with Crippen LogP contribution < -0.4 is 9.47 Å². The molecule has 8 heteroatoms. The van der Waals surface area contributed by atoms with E-state index in [2.05, 4.69) is 38.7 Å². The van der Waals surface area contributed by atoms with Crippen molar-refractivity contribution in [3.05, 3.63) is 65.5 Å². The first-order chi connectivity index (χ1) is 15.1. The van der Waals surface area contributed by atoms with Gasteiger partial charge in [-0.25, -0.2) is 0 Å². The van der Waals surface area contributed by atoms with Crippen molar-refractivity contribution >= 4 is 17.5 Å². The van der Waals surface area contributed by atoms with Gasteiger partial charge in [-0.1, -0.05) is 49.0 Å². The SMILES string of the molecule is CC[C@@H](c1nnc(SCC(=O)c2ccc3c(c2)OCO3)n1Cc1ccccc1)N(C)C. The molecule has 4 rings (SSSR count). The van der Waals surface area contributed by atoms with E-state index in [0.29, 0.717) is 23.6 Å². The Morgan fingerprint density at radius 3 is 2.65 bits per heavy atom. The molecule has 2 aromatic carbocycles. The lowest BCUT2D eigenvalue weighted by atomic mass is 10.1. The van der Waals surface area contributed by atoms with E-state index in [1.807, 2.05) is 32.3 Å². The molecule has 1 aliphatic heterocycles. The largest absolute Gasteiger partial charge is 0.454 e. The summed E-state index contributed by atoms with van der Waals surface area (Å²) in [6.07, 6.45) is 0.917. The molecule has 0 unspecified atom stereocenters. The minimum Gasteiger partial charge on any atom is -0.454 e. The fraction of sp³-hybridized carbons (Fsp3) is 0.348. The number of fused-ring (bicyclic) bond motifs is 1. The summed E-state index contributed by atoms with van der Waals surface area (Å²) in [5, 5.41) is 9.69. The highest BCUT2D eigenvalue weighted by Crippen LogP contribution is 2.33. The highest BCUT2D eigenvalue weighted by atomic mass is 32.2. The third kappa shape index (κ3) is 4.75. The third-order valence-electron chi connectivity index (χ3n) is 5.26. The first-order valence-corrected chi connectivity index (χ1v) is 11.2. The molecular weight excluding hydrogens is 412 g/mol. The van der Waals surface area contributed by atoms with Gasteiger partial charge >= 0.3 is 0 Å². The highest BCUT2D eigenvalue weighted by molar-refractivity contribution is 7.99. The molecule has 7 nitrogen and oxygen atoms in total. The molecule has 1 aliphatic rings. The molecule has 0 fully saturated rings. The Labute approximate surface area is 186 Å². The molecule has 31 heavy (non-hydrogen) atoms. The van der Waals surface area contributed by atoms with E-state index in [4.69, 9.17) is 9.47 Å². The van der Waals surface area contributed by atoms with Crippen LogP contribution in [0.2, 0.25) is 0 Å². The lowest BCUT2D eigenvalue weighted by Crippen LogP contribution is -2.23. The van der Waals surface area contributed by atoms with Crippen molar-refractivity contribution in [2.75, 3.05) is 26.6 Å². The number of hydrogen-bond donors (Lipinski definition) is 0.